The lowest BCUT2D eigenvalue weighted by Crippen LogP contribution is -2.37. The summed E-state index contributed by atoms with van der Waals surface area (Å²) in [5.41, 5.74) is 6.79. The van der Waals surface area contributed by atoms with E-state index in [4.69, 9.17) is 26.1 Å². The number of aromatic nitrogens is 1. The number of aryl methyl sites for hydroxylation is 1. The average Bonchev–Trinajstić information content (AvgIpc) is 3.26. The van der Waals surface area contributed by atoms with Crippen LogP contribution >= 0.6 is 36.4 Å². The number of ether oxygens (including phenoxy) is 2. The smallest absolute Gasteiger partial charge is 0.166 e. The Morgan fingerprint density at radius 3 is 2.51 bits per heavy atom. The predicted octanol–water partition coefficient (Wildman–Crippen LogP) is 7.20. The Kier molecular flexibility index (Phi) is 10.7. The number of ketones is 1. The number of fused-ring (bicyclic) bond motifs is 3. The van der Waals surface area contributed by atoms with Crippen molar-refractivity contribution < 1.29 is 14.3 Å². The van der Waals surface area contributed by atoms with Gasteiger partial charge in [-0.25, -0.2) is 0 Å². The zero-order valence-electron chi connectivity index (χ0n) is 23.8. The van der Waals surface area contributed by atoms with E-state index >= 15 is 0 Å². The van der Waals surface area contributed by atoms with Gasteiger partial charge in [-0.15, -0.1) is 24.8 Å². The van der Waals surface area contributed by atoms with Crippen LogP contribution < -0.4 is 14.8 Å². The normalized spacial score (nSPS) is 18.7. The van der Waals surface area contributed by atoms with Crippen LogP contribution in [0.4, 0.5) is 5.69 Å². The second-order valence-electron chi connectivity index (χ2n) is 11.4. The Bertz CT molecular complexity index is 1390. The molecule has 1 atom stereocenters. The van der Waals surface area contributed by atoms with Gasteiger partial charge in [0.2, 0.25) is 0 Å². The molecule has 2 aliphatic carbocycles. The van der Waals surface area contributed by atoms with E-state index in [1.165, 1.54) is 35.2 Å². The van der Waals surface area contributed by atoms with Crippen LogP contribution in [0, 0.1) is 11.8 Å². The Balaban J connectivity index is 0.00000194. The maximum Gasteiger partial charge on any atom is 0.166 e. The first-order valence-corrected chi connectivity index (χ1v) is 14.8. The number of carbonyl (C=O) groups is 1. The summed E-state index contributed by atoms with van der Waals surface area (Å²) in [6, 6.07) is 9.92. The third kappa shape index (κ3) is 6.56. The molecule has 9 heteroatoms. The van der Waals surface area contributed by atoms with Gasteiger partial charge in [0.15, 0.2) is 17.3 Å². The van der Waals surface area contributed by atoms with Gasteiger partial charge in [0.05, 0.1) is 19.7 Å². The second kappa shape index (κ2) is 13.8. The van der Waals surface area contributed by atoms with E-state index in [9.17, 15) is 4.79 Å². The standard InChI is InChI=1S/C32H38ClN3O3.2ClH/c1-38-29-17-21-16-22(32(37)26(21)19-30(29)39-2)15-20-9-12-36(13-10-20)14-11-34-31-24-5-3-4-6-27(24)35-28-18-23(33)7-8-25(28)31;;/h7-8,17-20,22H,3-6,9-16H2,1-2H3,(H,34,35);2*1H. The minimum Gasteiger partial charge on any atom is -0.493 e. The van der Waals surface area contributed by atoms with Crippen LogP contribution in [-0.4, -0.2) is 56.1 Å². The first-order valence-electron chi connectivity index (χ1n) is 14.4. The summed E-state index contributed by atoms with van der Waals surface area (Å²) in [7, 11) is 3.26. The van der Waals surface area contributed by atoms with Crippen molar-refractivity contribution in [3.63, 3.8) is 0 Å². The molecule has 3 aliphatic rings. The Hall–Kier alpha value is -2.25. The number of rotatable bonds is 8. The molecule has 222 valence electrons. The number of hydrogen-bond acceptors (Lipinski definition) is 6. The maximum absolute atomic E-state index is 13.2. The fourth-order valence-electron chi connectivity index (χ4n) is 6.88. The summed E-state index contributed by atoms with van der Waals surface area (Å²) in [4.78, 5) is 20.7. The van der Waals surface area contributed by atoms with E-state index in [1.807, 2.05) is 24.3 Å². The summed E-state index contributed by atoms with van der Waals surface area (Å²) in [6.45, 7) is 4.12. The molecule has 2 heterocycles. The zero-order chi connectivity index (χ0) is 26.9. The van der Waals surface area contributed by atoms with Crippen LogP contribution in [0.3, 0.4) is 0 Å². The van der Waals surface area contributed by atoms with Crippen molar-refractivity contribution in [3.8, 4) is 11.5 Å². The molecule has 1 unspecified atom stereocenters. The molecule has 0 radical (unpaired) electrons. The predicted molar refractivity (Wildman–Crippen MR) is 171 cm³/mol. The van der Waals surface area contributed by atoms with Gasteiger partial charge in [-0.2, -0.15) is 0 Å². The summed E-state index contributed by atoms with van der Waals surface area (Å²) >= 11 is 6.29. The number of carbonyl (C=O) groups excluding carboxylic acids is 1. The monoisotopic (exact) mass is 619 g/mol. The van der Waals surface area contributed by atoms with Gasteiger partial charge in [0.25, 0.3) is 0 Å². The number of pyridine rings is 1. The maximum atomic E-state index is 13.2. The number of halogens is 3. The SMILES string of the molecule is COc1cc2c(cc1OC)C(=O)C(CC1CCN(CCNc3c4c(nc5cc(Cl)ccc35)CCCC4)CC1)C2.Cl.Cl. The molecule has 0 amide bonds. The van der Waals surface area contributed by atoms with Crippen molar-refractivity contribution in [2.45, 2.75) is 51.4 Å². The minimum atomic E-state index is 0. The first kappa shape index (κ1) is 31.7. The third-order valence-corrected chi connectivity index (χ3v) is 9.23. The number of nitrogens with zero attached hydrogens (tertiary/aromatic N) is 2. The summed E-state index contributed by atoms with van der Waals surface area (Å²) in [6.07, 6.45) is 8.67. The van der Waals surface area contributed by atoms with Crippen LogP contribution in [0.2, 0.25) is 5.02 Å². The lowest BCUT2D eigenvalue weighted by atomic mass is 9.85. The van der Waals surface area contributed by atoms with E-state index in [-0.39, 0.29) is 36.5 Å². The molecule has 6 rings (SSSR count). The molecule has 6 nitrogen and oxygen atoms in total. The number of piperidine rings is 1. The number of benzene rings is 2. The molecule has 2 aromatic carbocycles. The molecule has 0 bridgehead atoms. The highest BCUT2D eigenvalue weighted by Crippen LogP contribution is 2.40. The molecular weight excluding hydrogens is 581 g/mol. The minimum absolute atomic E-state index is 0. The van der Waals surface area contributed by atoms with Gasteiger partial charge < -0.3 is 19.7 Å². The highest BCUT2D eigenvalue weighted by Gasteiger charge is 2.34. The van der Waals surface area contributed by atoms with Crippen LogP contribution in [0.15, 0.2) is 30.3 Å². The second-order valence-corrected chi connectivity index (χ2v) is 11.8. The van der Waals surface area contributed by atoms with E-state index < -0.39 is 0 Å². The Morgan fingerprint density at radius 2 is 1.76 bits per heavy atom. The fourth-order valence-corrected chi connectivity index (χ4v) is 7.04. The van der Waals surface area contributed by atoms with Crippen molar-refractivity contribution >= 4 is 58.8 Å². The van der Waals surface area contributed by atoms with Crippen molar-refractivity contribution in [1.29, 1.82) is 0 Å². The average molecular weight is 621 g/mol. The highest BCUT2D eigenvalue weighted by atomic mass is 35.5. The van der Waals surface area contributed by atoms with E-state index in [2.05, 4.69) is 16.3 Å². The Labute approximate surface area is 260 Å². The Morgan fingerprint density at radius 1 is 1.02 bits per heavy atom. The van der Waals surface area contributed by atoms with Crippen LogP contribution in [0.25, 0.3) is 10.9 Å². The van der Waals surface area contributed by atoms with Gasteiger partial charge in [-0.3, -0.25) is 9.78 Å². The zero-order valence-corrected chi connectivity index (χ0v) is 26.2. The molecule has 41 heavy (non-hydrogen) atoms. The third-order valence-electron chi connectivity index (χ3n) is 8.99. The van der Waals surface area contributed by atoms with E-state index in [1.54, 1.807) is 14.2 Å². The fraction of sp³-hybridized carbons (Fsp3) is 0.500. The van der Waals surface area contributed by atoms with Crippen LogP contribution in [-0.2, 0) is 19.3 Å². The summed E-state index contributed by atoms with van der Waals surface area (Å²) in [5.74, 6) is 2.29. The summed E-state index contributed by atoms with van der Waals surface area (Å²) < 4.78 is 10.9. The quantitative estimate of drug-likeness (QED) is 0.287. The number of likely N-dealkylation sites (tertiary alicyclic amines) is 1. The molecule has 1 aliphatic heterocycles. The molecule has 1 aromatic heterocycles. The van der Waals surface area contributed by atoms with Crippen LogP contribution in [0.1, 0.15) is 59.3 Å². The number of anilines is 1. The lowest BCUT2D eigenvalue weighted by Gasteiger charge is -2.33. The van der Waals surface area contributed by atoms with Crippen molar-refractivity contribution in [2.75, 3.05) is 45.7 Å². The molecule has 1 saturated heterocycles. The van der Waals surface area contributed by atoms with Crippen molar-refractivity contribution in [1.82, 2.24) is 9.88 Å². The van der Waals surface area contributed by atoms with Gasteiger partial charge in [-0.1, -0.05) is 11.6 Å². The number of hydrogen-bond donors (Lipinski definition) is 1. The molecule has 0 spiro atoms. The first-order chi connectivity index (χ1) is 19.0. The molecule has 1 fully saturated rings. The summed E-state index contributed by atoms with van der Waals surface area (Å²) in [5, 5.41) is 5.71. The van der Waals surface area contributed by atoms with Gasteiger partial charge in [0.1, 0.15) is 0 Å². The van der Waals surface area contributed by atoms with Crippen LogP contribution in [0.5, 0.6) is 11.5 Å². The molecule has 3 aromatic rings. The molecule has 0 saturated carbocycles. The molecule has 1 N–H and O–H groups in total. The highest BCUT2D eigenvalue weighted by molar-refractivity contribution is 6.31. The van der Waals surface area contributed by atoms with Crippen molar-refractivity contribution in [2.24, 2.45) is 11.8 Å². The van der Waals surface area contributed by atoms with Gasteiger partial charge >= 0.3 is 0 Å². The number of Topliss-reactive ketones (excluding diaryl/α,β-unsaturated/α-hetero) is 1. The van der Waals surface area contributed by atoms with E-state index in [0.717, 1.165) is 86.4 Å². The van der Waals surface area contributed by atoms with Gasteiger partial charge in [-0.05, 0) is 112 Å². The number of methoxy groups -OCH3 is 2. The van der Waals surface area contributed by atoms with Crippen molar-refractivity contribution in [3.05, 3.63) is 57.7 Å². The molecular formula is C32H40Cl3N3O3. The van der Waals surface area contributed by atoms with E-state index in [0.29, 0.717) is 17.4 Å². The number of nitrogens with one attached hydrogen (secondary N) is 1. The largest absolute Gasteiger partial charge is 0.493 e. The van der Waals surface area contributed by atoms with Gasteiger partial charge in [0, 0.05) is 46.4 Å². The topological polar surface area (TPSA) is 63.7 Å². The lowest BCUT2D eigenvalue weighted by molar-refractivity contribution is 0.0898.